The number of carbonyl (C=O) groups is 2. The minimum Gasteiger partial charge on any atom is -0.497 e. The van der Waals surface area contributed by atoms with Crippen LogP contribution < -0.4 is 9.64 Å². The van der Waals surface area contributed by atoms with Gasteiger partial charge in [-0.1, -0.05) is 11.6 Å². The van der Waals surface area contributed by atoms with Gasteiger partial charge in [0.1, 0.15) is 5.75 Å². The number of aromatic carboxylic acids is 1. The fourth-order valence-corrected chi connectivity index (χ4v) is 3.68. The highest BCUT2D eigenvalue weighted by atomic mass is 16.5. The Morgan fingerprint density at radius 3 is 2.36 bits per heavy atom. The van der Waals surface area contributed by atoms with Gasteiger partial charge in [0.15, 0.2) is 17.1 Å². The second-order valence-corrected chi connectivity index (χ2v) is 7.18. The van der Waals surface area contributed by atoms with E-state index in [-0.39, 0.29) is 23.1 Å². The van der Waals surface area contributed by atoms with Gasteiger partial charge in [0.2, 0.25) is 5.91 Å². The fraction of sp³-hybridized carbons (Fsp3) is 0.450. The third-order valence-corrected chi connectivity index (χ3v) is 5.59. The molecule has 1 N–H and O–H groups in total. The first-order chi connectivity index (χ1) is 13.6. The molecular formula is C20H23N3O5. The highest BCUT2D eigenvalue weighted by Crippen LogP contribution is 2.33. The van der Waals surface area contributed by atoms with Crippen LogP contribution in [0.5, 0.6) is 5.75 Å². The number of aromatic nitrogens is 1. The van der Waals surface area contributed by atoms with Crippen molar-refractivity contribution in [2.45, 2.75) is 19.3 Å². The van der Waals surface area contributed by atoms with Crippen molar-refractivity contribution in [3.05, 3.63) is 29.8 Å². The van der Waals surface area contributed by atoms with Gasteiger partial charge in [-0.25, -0.2) is 4.79 Å². The zero-order chi connectivity index (χ0) is 19.7. The number of hydrogen-bond acceptors (Lipinski definition) is 6. The number of benzene rings is 1. The highest BCUT2D eigenvalue weighted by Gasteiger charge is 2.33. The molecule has 1 aromatic heterocycles. The molecule has 8 heteroatoms. The molecule has 1 saturated heterocycles. The summed E-state index contributed by atoms with van der Waals surface area (Å²) in [6.07, 6.45) is 3.10. The van der Waals surface area contributed by atoms with E-state index < -0.39 is 5.97 Å². The minimum atomic E-state index is -1.09. The first kappa shape index (κ1) is 18.3. The van der Waals surface area contributed by atoms with Gasteiger partial charge >= 0.3 is 5.97 Å². The predicted molar refractivity (Wildman–Crippen MR) is 102 cm³/mol. The van der Waals surface area contributed by atoms with Crippen LogP contribution in [0.1, 0.15) is 29.6 Å². The van der Waals surface area contributed by atoms with Crippen LogP contribution in [0.3, 0.4) is 0 Å². The van der Waals surface area contributed by atoms with Crippen molar-refractivity contribution in [1.29, 1.82) is 0 Å². The Bertz CT molecular complexity index is 864. The summed E-state index contributed by atoms with van der Waals surface area (Å²) >= 11 is 0. The number of hydrogen-bond donors (Lipinski definition) is 1. The SMILES string of the molecule is COc1ccc(-c2onc(N3CCN(C(=O)C4CCC4)CC3)c2C(=O)O)cc1. The molecule has 1 saturated carbocycles. The standard InChI is InChI=1S/C20H23N3O5/c1-27-15-7-5-13(6-8-15)17-16(20(25)26)18(21-28-17)22-9-11-23(12-10-22)19(24)14-3-2-4-14/h5-8,14H,2-4,9-12H2,1H3,(H,25,26). The van der Waals surface area contributed by atoms with Crippen molar-refractivity contribution < 1.29 is 24.0 Å². The van der Waals surface area contributed by atoms with Crippen molar-refractivity contribution in [3.8, 4) is 17.1 Å². The Hall–Kier alpha value is -3.03. The third-order valence-electron chi connectivity index (χ3n) is 5.59. The number of ether oxygens (including phenoxy) is 1. The summed E-state index contributed by atoms with van der Waals surface area (Å²) in [6, 6.07) is 6.97. The molecule has 8 nitrogen and oxygen atoms in total. The van der Waals surface area contributed by atoms with E-state index >= 15 is 0 Å². The summed E-state index contributed by atoms with van der Waals surface area (Å²) in [6.45, 7) is 2.21. The second-order valence-electron chi connectivity index (χ2n) is 7.18. The smallest absolute Gasteiger partial charge is 0.343 e. The van der Waals surface area contributed by atoms with Crippen molar-refractivity contribution in [1.82, 2.24) is 10.1 Å². The van der Waals surface area contributed by atoms with Crippen molar-refractivity contribution in [2.24, 2.45) is 5.92 Å². The number of piperazine rings is 1. The lowest BCUT2D eigenvalue weighted by atomic mass is 9.84. The molecule has 2 heterocycles. The van der Waals surface area contributed by atoms with E-state index in [1.54, 1.807) is 31.4 Å². The summed E-state index contributed by atoms with van der Waals surface area (Å²) < 4.78 is 10.6. The van der Waals surface area contributed by atoms with Crippen LogP contribution in [0.15, 0.2) is 28.8 Å². The normalized spacial score (nSPS) is 17.3. The molecule has 2 aromatic rings. The quantitative estimate of drug-likeness (QED) is 0.845. The lowest BCUT2D eigenvalue weighted by Gasteiger charge is -2.38. The molecule has 1 amide bonds. The molecule has 1 aliphatic heterocycles. The molecule has 0 atom stereocenters. The first-order valence-corrected chi connectivity index (χ1v) is 9.49. The van der Waals surface area contributed by atoms with E-state index in [2.05, 4.69) is 5.16 Å². The van der Waals surface area contributed by atoms with Gasteiger partial charge in [-0.3, -0.25) is 4.79 Å². The number of nitrogens with zero attached hydrogens (tertiary/aromatic N) is 3. The molecule has 2 fully saturated rings. The molecular weight excluding hydrogens is 362 g/mol. The monoisotopic (exact) mass is 385 g/mol. The topological polar surface area (TPSA) is 96.1 Å². The van der Waals surface area contributed by atoms with Gasteiger partial charge in [-0.15, -0.1) is 0 Å². The van der Waals surface area contributed by atoms with Crippen LogP contribution in [-0.2, 0) is 4.79 Å². The lowest BCUT2D eigenvalue weighted by Crippen LogP contribution is -2.51. The van der Waals surface area contributed by atoms with E-state index in [4.69, 9.17) is 9.26 Å². The van der Waals surface area contributed by atoms with E-state index in [1.165, 1.54) is 0 Å². The highest BCUT2D eigenvalue weighted by molar-refractivity contribution is 5.99. The minimum absolute atomic E-state index is 0.0453. The number of carbonyl (C=O) groups excluding carboxylic acids is 1. The summed E-state index contributed by atoms with van der Waals surface area (Å²) in [5, 5.41) is 13.8. The number of carboxylic acid groups (broad SMARTS) is 1. The maximum absolute atomic E-state index is 12.4. The lowest BCUT2D eigenvalue weighted by molar-refractivity contribution is -0.138. The van der Waals surface area contributed by atoms with Crippen LogP contribution in [-0.4, -0.2) is 60.3 Å². The molecule has 0 radical (unpaired) electrons. The Morgan fingerprint density at radius 1 is 1.14 bits per heavy atom. The maximum atomic E-state index is 12.4. The largest absolute Gasteiger partial charge is 0.497 e. The van der Waals surface area contributed by atoms with E-state index in [0.29, 0.717) is 43.3 Å². The first-order valence-electron chi connectivity index (χ1n) is 9.49. The molecule has 2 aliphatic rings. The Labute approximate surface area is 162 Å². The molecule has 148 valence electrons. The molecule has 28 heavy (non-hydrogen) atoms. The maximum Gasteiger partial charge on any atom is 0.343 e. The molecule has 4 rings (SSSR count). The number of amides is 1. The second kappa shape index (κ2) is 7.53. The van der Waals surface area contributed by atoms with Gasteiger partial charge in [-0.05, 0) is 37.1 Å². The van der Waals surface area contributed by atoms with Crippen LogP contribution in [0.2, 0.25) is 0 Å². The molecule has 1 aliphatic carbocycles. The number of anilines is 1. The Balaban J connectivity index is 1.52. The summed E-state index contributed by atoms with van der Waals surface area (Å²) in [5.74, 6) is 0.521. The van der Waals surface area contributed by atoms with E-state index in [1.807, 2.05) is 9.80 Å². The van der Waals surface area contributed by atoms with Crippen LogP contribution in [0, 0.1) is 5.92 Å². The van der Waals surface area contributed by atoms with E-state index in [0.717, 1.165) is 19.3 Å². The van der Waals surface area contributed by atoms with Gasteiger partial charge in [-0.2, -0.15) is 0 Å². The molecule has 0 unspecified atom stereocenters. The molecule has 0 bridgehead atoms. The average molecular weight is 385 g/mol. The number of methoxy groups -OCH3 is 1. The Morgan fingerprint density at radius 2 is 1.82 bits per heavy atom. The number of carboxylic acids is 1. The average Bonchev–Trinajstić information content (AvgIpc) is 3.12. The summed E-state index contributed by atoms with van der Waals surface area (Å²) in [7, 11) is 1.57. The third kappa shape index (κ3) is 3.30. The summed E-state index contributed by atoms with van der Waals surface area (Å²) in [4.78, 5) is 28.1. The zero-order valence-electron chi connectivity index (χ0n) is 15.8. The predicted octanol–water partition coefficient (Wildman–Crippen LogP) is 2.50. The molecule has 0 spiro atoms. The van der Waals surface area contributed by atoms with Crippen LogP contribution >= 0.6 is 0 Å². The van der Waals surface area contributed by atoms with Gasteiger partial charge < -0.3 is 24.2 Å². The summed E-state index contributed by atoms with van der Waals surface area (Å²) in [5.41, 5.74) is 0.666. The molecule has 1 aromatic carbocycles. The Kier molecular flexibility index (Phi) is 4.93. The van der Waals surface area contributed by atoms with Crippen molar-refractivity contribution >= 4 is 17.7 Å². The van der Waals surface area contributed by atoms with Gasteiger partial charge in [0.25, 0.3) is 0 Å². The number of rotatable bonds is 5. The van der Waals surface area contributed by atoms with Gasteiger partial charge in [0, 0.05) is 37.7 Å². The fourth-order valence-electron chi connectivity index (χ4n) is 3.68. The van der Waals surface area contributed by atoms with Crippen molar-refractivity contribution in [3.63, 3.8) is 0 Å². The zero-order valence-corrected chi connectivity index (χ0v) is 15.8. The van der Waals surface area contributed by atoms with Crippen LogP contribution in [0.25, 0.3) is 11.3 Å². The van der Waals surface area contributed by atoms with E-state index in [9.17, 15) is 14.7 Å². The van der Waals surface area contributed by atoms with Crippen LogP contribution in [0.4, 0.5) is 5.82 Å². The van der Waals surface area contributed by atoms with Gasteiger partial charge in [0.05, 0.1) is 7.11 Å². The van der Waals surface area contributed by atoms with Crippen molar-refractivity contribution in [2.75, 3.05) is 38.2 Å².